The number of benzene rings is 1. The van der Waals surface area contributed by atoms with E-state index in [9.17, 15) is 8.42 Å². The van der Waals surface area contributed by atoms with E-state index in [4.69, 9.17) is 5.73 Å². The molecule has 1 aromatic carbocycles. The molecule has 0 atom stereocenters. The van der Waals surface area contributed by atoms with Crippen LogP contribution in [0, 0.1) is 0 Å². The number of rotatable bonds is 4. The maximum absolute atomic E-state index is 11.4. The van der Waals surface area contributed by atoms with E-state index in [1.165, 1.54) is 0 Å². The third-order valence-electron chi connectivity index (χ3n) is 1.74. The van der Waals surface area contributed by atoms with Crippen LogP contribution in [-0.2, 0) is 10.0 Å². The van der Waals surface area contributed by atoms with Gasteiger partial charge in [-0.1, -0.05) is 6.92 Å². The second-order valence-electron chi connectivity index (χ2n) is 3.16. The van der Waals surface area contributed by atoms with E-state index in [1.54, 1.807) is 18.2 Å². The summed E-state index contributed by atoms with van der Waals surface area (Å²) in [5.41, 5.74) is 6.63. The molecule has 0 aliphatic rings. The van der Waals surface area contributed by atoms with Gasteiger partial charge in [0.15, 0.2) is 0 Å². The lowest BCUT2D eigenvalue weighted by Gasteiger charge is -2.08. The molecule has 15 heavy (non-hydrogen) atoms. The van der Waals surface area contributed by atoms with Gasteiger partial charge in [0.2, 0.25) is 10.0 Å². The number of hydrogen-bond donors (Lipinski definition) is 2. The molecule has 0 fully saturated rings. The fraction of sp³-hybridized carbons (Fsp3) is 0.333. The van der Waals surface area contributed by atoms with Crippen LogP contribution in [0.3, 0.4) is 0 Å². The van der Waals surface area contributed by atoms with Crippen molar-refractivity contribution >= 4 is 37.3 Å². The Morgan fingerprint density at radius 2 is 2.13 bits per heavy atom. The van der Waals surface area contributed by atoms with Gasteiger partial charge in [-0.15, -0.1) is 0 Å². The van der Waals surface area contributed by atoms with Crippen LogP contribution in [0.1, 0.15) is 13.3 Å². The number of anilines is 2. The lowest BCUT2D eigenvalue weighted by atomic mass is 10.3. The Balaban J connectivity index is 2.86. The van der Waals surface area contributed by atoms with Gasteiger partial charge >= 0.3 is 0 Å². The van der Waals surface area contributed by atoms with Crippen LogP contribution >= 0.6 is 15.9 Å². The lowest BCUT2D eigenvalue weighted by molar-refractivity contribution is 0.600. The van der Waals surface area contributed by atoms with Crippen LogP contribution in [0.25, 0.3) is 0 Å². The Morgan fingerprint density at radius 1 is 1.47 bits per heavy atom. The predicted molar refractivity (Wildman–Crippen MR) is 66.3 cm³/mol. The van der Waals surface area contributed by atoms with Crippen molar-refractivity contribution in [2.45, 2.75) is 13.3 Å². The molecule has 84 valence electrons. The van der Waals surface area contributed by atoms with E-state index in [0.717, 1.165) is 4.47 Å². The van der Waals surface area contributed by atoms with E-state index >= 15 is 0 Å². The summed E-state index contributed by atoms with van der Waals surface area (Å²) >= 11 is 3.24. The van der Waals surface area contributed by atoms with Crippen molar-refractivity contribution in [1.82, 2.24) is 0 Å². The summed E-state index contributed by atoms with van der Waals surface area (Å²) in [4.78, 5) is 0. The fourth-order valence-electron chi connectivity index (χ4n) is 1.11. The van der Waals surface area contributed by atoms with E-state index in [2.05, 4.69) is 20.7 Å². The van der Waals surface area contributed by atoms with E-state index < -0.39 is 10.0 Å². The van der Waals surface area contributed by atoms with Gasteiger partial charge in [-0.25, -0.2) is 8.42 Å². The highest BCUT2D eigenvalue weighted by Crippen LogP contribution is 2.23. The largest absolute Gasteiger partial charge is 0.398 e. The maximum Gasteiger partial charge on any atom is 0.232 e. The highest BCUT2D eigenvalue weighted by molar-refractivity contribution is 9.10. The summed E-state index contributed by atoms with van der Waals surface area (Å²) in [6.45, 7) is 1.81. The smallest absolute Gasteiger partial charge is 0.232 e. The van der Waals surface area contributed by atoms with Crippen molar-refractivity contribution in [3.63, 3.8) is 0 Å². The summed E-state index contributed by atoms with van der Waals surface area (Å²) in [5.74, 6) is 0.114. The summed E-state index contributed by atoms with van der Waals surface area (Å²) in [5, 5.41) is 0. The molecular weight excluding hydrogens is 280 g/mol. The summed E-state index contributed by atoms with van der Waals surface area (Å²) in [6.07, 6.45) is 0.585. The first kappa shape index (κ1) is 12.3. The molecule has 0 amide bonds. The number of nitrogens with one attached hydrogen (secondary N) is 1. The van der Waals surface area contributed by atoms with E-state index in [0.29, 0.717) is 17.8 Å². The van der Waals surface area contributed by atoms with Crippen molar-refractivity contribution in [3.05, 3.63) is 22.7 Å². The first-order valence-electron chi connectivity index (χ1n) is 4.50. The number of nitrogens with two attached hydrogens (primary N) is 1. The standard InChI is InChI=1S/C9H13BrN2O2S/c1-2-5-15(13,14)12-7-3-4-8(10)9(11)6-7/h3-4,6,12H,2,5,11H2,1H3. The molecular formula is C9H13BrN2O2S. The van der Waals surface area contributed by atoms with Crippen LogP contribution in [0.5, 0.6) is 0 Å². The Labute approximate surface area is 98.0 Å². The number of nitrogen functional groups attached to an aromatic ring is 1. The first-order valence-corrected chi connectivity index (χ1v) is 6.94. The van der Waals surface area contributed by atoms with Gasteiger partial charge < -0.3 is 5.73 Å². The molecule has 0 aromatic heterocycles. The molecule has 1 rings (SSSR count). The van der Waals surface area contributed by atoms with Crippen molar-refractivity contribution in [2.24, 2.45) is 0 Å². The molecule has 6 heteroatoms. The quantitative estimate of drug-likeness (QED) is 0.836. The van der Waals surface area contributed by atoms with E-state index in [1.807, 2.05) is 6.92 Å². The third kappa shape index (κ3) is 3.71. The van der Waals surface area contributed by atoms with Gasteiger partial charge in [0.1, 0.15) is 0 Å². The Morgan fingerprint density at radius 3 is 2.67 bits per heavy atom. The highest BCUT2D eigenvalue weighted by atomic mass is 79.9. The Hall–Kier alpha value is -0.750. The Bertz CT molecular complexity index is 445. The maximum atomic E-state index is 11.4. The molecule has 0 aliphatic carbocycles. The van der Waals surface area contributed by atoms with E-state index in [-0.39, 0.29) is 5.75 Å². The minimum absolute atomic E-state index is 0.114. The van der Waals surface area contributed by atoms with Gasteiger partial charge in [-0.2, -0.15) is 0 Å². The third-order valence-corrected chi connectivity index (χ3v) is 3.96. The minimum Gasteiger partial charge on any atom is -0.398 e. The van der Waals surface area contributed by atoms with Crippen LogP contribution in [0.15, 0.2) is 22.7 Å². The minimum atomic E-state index is -3.24. The van der Waals surface area contributed by atoms with Gasteiger partial charge in [0, 0.05) is 10.2 Å². The fourth-order valence-corrected chi connectivity index (χ4v) is 2.48. The number of halogens is 1. The molecule has 1 aromatic rings. The van der Waals surface area contributed by atoms with Crippen molar-refractivity contribution in [2.75, 3.05) is 16.2 Å². The second kappa shape index (κ2) is 4.85. The van der Waals surface area contributed by atoms with Crippen molar-refractivity contribution in [3.8, 4) is 0 Å². The molecule has 0 radical (unpaired) electrons. The van der Waals surface area contributed by atoms with Crippen LogP contribution in [0.4, 0.5) is 11.4 Å². The highest BCUT2D eigenvalue weighted by Gasteiger charge is 2.09. The monoisotopic (exact) mass is 292 g/mol. The first-order chi connectivity index (χ1) is 6.94. The molecule has 0 unspecified atom stereocenters. The van der Waals surface area contributed by atoms with Gasteiger partial charge in [0.25, 0.3) is 0 Å². The van der Waals surface area contributed by atoms with Crippen molar-refractivity contribution in [1.29, 1.82) is 0 Å². The normalized spacial score (nSPS) is 11.3. The molecule has 0 spiro atoms. The molecule has 0 bridgehead atoms. The van der Waals surface area contributed by atoms with Gasteiger partial charge in [-0.05, 0) is 40.5 Å². The zero-order valence-corrected chi connectivity index (χ0v) is 10.7. The average molecular weight is 293 g/mol. The molecule has 0 aliphatic heterocycles. The number of hydrogen-bond acceptors (Lipinski definition) is 3. The molecule has 0 saturated carbocycles. The van der Waals surface area contributed by atoms with Crippen LogP contribution < -0.4 is 10.5 Å². The lowest BCUT2D eigenvalue weighted by Crippen LogP contribution is -2.16. The molecule has 0 saturated heterocycles. The molecule has 4 nitrogen and oxygen atoms in total. The number of sulfonamides is 1. The summed E-state index contributed by atoms with van der Waals surface area (Å²) in [7, 11) is -3.24. The van der Waals surface area contributed by atoms with Crippen LogP contribution in [0.2, 0.25) is 0 Å². The zero-order valence-electron chi connectivity index (χ0n) is 8.33. The second-order valence-corrected chi connectivity index (χ2v) is 5.85. The predicted octanol–water partition coefficient (Wildman–Crippen LogP) is 2.18. The van der Waals surface area contributed by atoms with Gasteiger partial charge in [-0.3, -0.25) is 4.72 Å². The summed E-state index contributed by atoms with van der Waals surface area (Å²) in [6, 6.07) is 4.95. The molecule has 3 N–H and O–H groups in total. The average Bonchev–Trinajstić information content (AvgIpc) is 2.10. The molecule has 0 heterocycles. The Kier molecular flexibility index (Phi) is 3.98. The SMILES string of the molecule is CCCS(=O)(=O)Nc1ccc(Br)c(N)c1. The summed E-state index contributed by atoms with van der Waals surface area (Å²) < 4.78 is 26.1. The van der Waals surface area contributed by atoms with Crippen LogP contribution in [-0.4, -0.2) is 14.2 Å². The zero-order chi connectivity index (χ0) is 11.5. The van der Waals surface area contributed by atoms with Gasteiger partial charge in [0.05, 0.1) is 11.4 Å². The van der Waals surface area contributed by atoms with Crippen molar-refractivity contribution < 1.29 is 8.42 Å². The topological polar surface area (TPSA) is 72.2 Å².